The normalized spacial score (nSPS) is 12.6. The molecule has 0 fully saturated rings. The van der Waals surface area contributed by atoms with Gasteiger partial charge in [0.1, 0.15) is 5.82 Å². The molecule has 1 aliphatic rings. The molecule has 2 heterocycles. The second kappa shape index (κ2) is 6.13. The van der Waals surface area contributed by atoms with Gasteiger partial charge in [0.15, 0.2) is 0 Å². The summed E-state index contributed by atoms with van der Waals surface area (Å²) in [5, 5.41) is 21.2. The molecule has 26 heavy (non-hydrogen) atoms. The fourth-order valence-corrected chi connectivity index (χ4v) is 2.73. The van der Waals surface area contributed by atoms with Crippen LogP contribution in [-0.4, -0.2) is 46.6 Å². The van der Waals surface area contributed by atoms with Gasteiger partial charge in [-0.2, -0.15) is 0 Å². The minimum atomic E-state index is -1.99. The smallest absolute Gasteiger partial charge is 0.465 e. The number of benzene rings is 1. The van der Waals surface area contributed by atoms with Crippen LogP contribution >= 0.6 is 0 Å². The summed E-state index contributed by atoms with van der Waals surface area (Å²) in [6.07, 6.45) is 0. The van der Waals surface area contributed by atoms with E-state index in [1.807, 2.05) is 5.32 Å². The Labute approximate surface area is 146 Å². The first-order valence-electron chi connectivity index (χ1n) is 7.26. The highest BCUT2D eigenvalue weighted by Gasteiger charge is 2.33. The highest BCUT2D eigenvalue weighted by molar-refractivity contribution is 6.60. The number of hydrogen-bond acceptors (Lipinski definition) is 8. The van der Waals surface area contributed by atoms with Crippen molar-refractivity contribution in [2.45, 2.75) is 0 Å². The van der Waals surface area contributed by atoms with Crippen LogP contribution in [0.2, 0.25) is 0 Å². The number of nitrogen functional groups attached to an aromatic ring is 1. The first-order chi connectivity index (χ1) is 12.3. The van der Waals surface area contributed by atoms with Crippen molar-refractivity contribution >= 4 is 36.2 Å². The number of rotatable bonds is 3. The van der Waals surface area contributed by atoms with Gasteiger partial charge in [-0.15, -0.1) is 0 Å². The number of nitrogens with one attached hydrogen (secondary N) is 1. The molecule has 2 aromatic rings. The Morgan fingerprint density at radius 2 is 1.88 bits per heavy atom. The minimum Gasteiger partial charge on any atom is -0.465 e. The number of imide groups is 1. The van der Waals surface area contributed by atoms with E-state index in [2.05, 4.69) is 4.74 Å². The van der Waals surface area contributed by atoms with Gasteiger partial charge in [0.05, 0.1) is 29.5 Å². The largest absolute Gasteiger partial charge is 0.490 e. The third-order valence-corrected chi connectivity index (χ3v) is 3.92. The van der Waals surface area contributed by atoms with Crippen molar-refractivity contribution in [3.63, 3.8) is 0 Å². The summed E-state index contributed by atoms with van der Waals surface area (Å²) in [6.45, 7) is 0. The molecule has 1 aliphatic heterocycles. The summed E-state index contributed by atoms with van der Waals surface area (Å²) < 4.78 is 5.42. The van der Waals surface area contributed by atoms with Crippen LogP contribution in [0.5, 0.6) is 0 Å². The van der Waals surface area contributed by atoms with Gasteiger partial charge in [-0.1, -0.05) is 6.07 Å². The van der Waals surface area contributed by atoms with E-state index in [0.29, 0.717) is 0 Å². The van der Waals surface area contributed by atoms with Crippen molar-refractivity contribution in [3.8, 4) is 5.69 Å². The van der Waals surface area contributed by atoms with Gasteiger partial charge >= 0.3 is 13.1 Å². The molecule has 0 saturated carbocycles. The third kappa shape index (κ3) is 2.55. The van der Waals surface area contributed by atoms with Crippen LogP contribution in [0.4, 0.5) is 5.82 Å². The maximum Gasteiger partial charge on any atom is 0.490 e. The summed E-state index contributed by atoms with van der Waals surface area (Å²) in [6, 6.07) is 4.55. The zero-order chi connectivity index (χ0) is 19.2. The molecule has 1 aromatic heterocycles. The van der Waals surface area contributed by atoms with Gasteiger partial charge in [-0.3, -0.25) is 24.3 Å². The third-order valence-electron chi connectivity index (χ3n) is 3.92. The molecule has 3 rings (SSSR count). The average Bonchev–Trinajstić information content (AvgIpc) is 2.87. The fourth-order valence-electron chi connectivity index (χ4n) is 2.73. The number of anilines is 1. The van der Waals surface area contributed by atoms with Gasteiger partial charge in [0, 0.05) is 11.5 Å². The molecule has 0 bridgehead atoms. The van der Waals surface area contributed by atoms with Crippen LogP contribution in [-0.2, 0) is 4.74 Å². The van der Waals surface area contributed by atoms with E-state index >= 15 is 0 Å². The standard InChI is InChI=1S/C15H12BN3O7/c1-26-15(23)6-2-3-8(16(24)25)9(4-6)19-10(20)5-7-11(12(19)17)14(22)18-13(7)21/h2-5,24-25H,17H2,1H3,(H,18,21,22). The monoisotopic (exact) mass is 357 g/mol. The topological polar surface area (TPSA) is 161 Å². The van der Waals surface area contributed by atoms with E-state index in [0.717, 1.165) is 17.7 Å². The van der Waals surface area contributed by atoms with Crippen molar-refractivity contribution in [1.29, 1.82) is 0 Å². The first-order valence-corrected chi connectivity index (χ1v) is 7.26. The number of aromatic nitrogens is 1. The van der Waals surface area contributed by atoms with Crippen molar-refractivity contribution in [3.05, 3.63) is 51.3 Å². The summed E-state index contributed by atoms with van der Waals surface area (Å²) in [5.41, 5.74) is 4.47. The number of carbonyl (C=O) groups excluding carboxylic acids is 3. The van der Waals surface area contributed by atoms with Crippen molar-refractivity contribution < 1.29 is 29.2 Å². The predicted octanol–water partition coefficient (Wildman–Crippen LogP) is -2.23. The second-order valence-electron chi connectivity index (χ2n) is 5.41. The van der Waals surface area contributed by atoms with E-state index in [1.54, 1.807) is 0 Å². The molecule has 0 aliphatic carbocycles. The van der Waals surface area contributed by atoms with Crippen molar-refractivity contribution in [2.24, 2.45) is 0 Å². The number of carbonyl (C=O) groups is 3. The Balaban J connectivity index is 2.35. The molecule has 0 radical (unpaired) electrons. The minimum absolute atomic E-state index is 0.0132. The van der Waals surface area contributed by atoms with E-state index in [1.165, 1.54) is 18.2 Å². The zero-order valence-electron chi connectivity index (χ0n) is 13.3. The molecule has 11 heteroatoms. The van der Waals surface area contributed by atoms with Gasteiger partial charge in [0.2, 0.25) is 0 Å². The van der Waals surface area contributed by atoms with Crippen molar-refractivity contribution in [2.75, 3.05) is 12.8 Å². The summed E-state index contributed by atoms with van der Waals surface area (Å²) in [5.74, 6) is -2.65. The Hall–Kier alpha value is -3.44. The maximum atomic E-state index is 12.5. The molecule has 0 atom stereocenters. The lowest BCUT2D eigenvalue weighted by Crippen LogP contribution is -2.37. The molecule has 10 nitrogen and oxygen atoms in total. The van der Waals surface area contributed by atoms with Gasteiger partial charge in [-0.25, -0.2) is 4.79 Å². The number of esters is 1. The molecule has 1 aromatic carbocycles. The van der Waals surface area contributed by atoms with Crippen LogP contribution in [0.15, 0.2) is 29.1 Å². The Morgan fingerprint density at radius 1 is 1.19 bits per heavy atom. The van der Waals surface area contributed by atoms with Crippen LogP contribution in [0, 0.1) is 0 Å². The molecule has 0 spiro atoms. The molecule has 132 valence electrons. The number of amides is 2. The van der Waals surface area contributed by atoms with Gasteiger partial charge in [0.25, 0.3) is 17.4 Å². The number of hydrogen-bond donors (Lipinski definition) is 4. The lowest BCUT2D eigenvalue weighted by atomic mass is 9.78. The molecule has 5 N–H and O–H groups in total. The van der Waals surface area contributed by atoms with Crippen LogP contribution in [0.25, 0.3) is 5.69 Å². The van der Waals surface area contributed by atoms with Gasteiger partial charge in [-0.05, 0) is 12.1 Å². The summed E-state index contributed by atoms with van der Waals surface area (Å²) >= 11 is 0. The SMILES string of the molecule is COC(=O)c1ccc(B(O)O)c(-n2c(N)c3c(cc2=O)C(=O)NC3=O)c1. The van der Waals surface area contributed by atoms with E-state index in [-0.39, 0.29) is 33.7 Å². The number of ether oxygens (including phenoxy) is 1. The predicted molar refractivity (Wildman–Crippen MR) is 89.4 cm³/mol. The van der Waals surface area contributed by atoms with E-state index in [9.17, 15) is 29.2 Å². The Kier molecular flexibility index (Phi) is 4.10. The number of pyridine rings is 1. The Bertz CT molecular complexity index is 1030. The number of methoxy groups -OCH3 is 1. The highest BCUT2D eigenvalue weighted by Crippen LogP contribution is 2.23. The molecule has 0 unspecified atom stereocenters. The molecule has 0 saturated heterocycles. The molecule has 2 amide bonds. The second-order valence-corrected chi connectivity index (χ2v) is 5.41. The number of nitrogens with two attached hydrogens (primary N) is 1. The Morgan fingerprint density at radius 3 is 2.50 bits per heavy atom. The van der Waals surface area contributed by atoms with E-state index in [4.69, 9.17) is 5.73 Å². The average molecular weight is 357 g/mol. The fraction of sp³-hybridized carbons (Fsp3) is 0.0667. The van der Waals surface area contributed by atoms with E-state index < -0.39 is 30.5 Å². The quantitative estimate of drug-likeness (QED) is 0.273. The lowest BCUT2D eigenvalue weighted by molar-refractivity contribution is 0.0600. The first kappa shape index (κ1) is 17.4. The molecular weight excluding hydrogens is 345 g/mol. The van der Waals surface area contributed by atoms with Crippen LogP contribution < -0.4 is 22.1 Å². The van der Waals surface area contributed by atoms with Crippen molar-refractivity contribution in [1.82, 2.24) is 9.88 Å². The maximum absolute atomic E-state index is 12.5. The van der Waals surface area contributed by atoms with Gasteiger partial charge < -0.3 is 20.5 Å². The summed E-state index contributed by atoms with van der Waals surface area (Å²) in [7, 11) is -0.838. The number of nitrogens with zero attached hydrogens (tertiary/aromatic N) is 1. The zero-order valence-corrected chi connectivity index (χ0v) is 13.3. The highest BCUT2D eigenvalue weighted by atomic mass is 16.5. The molecular formula is C15H12BN3O7. The summed E-state index contributed by atoms with van der Waals surface area (Å²) in [4.78, 5) is 47.9. The van der Waals surface area contributed by atoms with Crippen LogP contribution in [0.1, 0.15) is 31.1 Å². The van der Waals surface area contributed by atoms with Crippen LogP contribution in [0.3, 0.4) is 0 Å². The lowest BCUT2D eigenvalue weighted by Gasteiger charge is -2.16. The number of fused-ring (bicyclic) bond motifs is 1.